The summed E-state index contributed by atoms with van der Waals surface area (Å²) >= 11 is 0. The molecule has 0 aromatic heterocycles. The number of hydrogen-bond donors (Lipinski definition) is 0. The van der Waals surface area contributed by atoms with Gasteiger partial charge in [0.25, 0.3) is 5.91 Å². The molecule has 4 amide bonds. The zero-order valence-corrected chi connectivity index (χ0v) is 15.1. The third-order valence-corrected chi connectivity index (χ3v) is 4.73. The standard InChI is InChI=1S/C23H18N2O3/c26-21-20(18-12-6-2-7-13-18)22(27)25(19-14-8-3-9-15-19)23(28)24(21)16-17-10-4-1-5-11-17/h1-15,20H,16H2. The molecule has 4 rings (SSSR count). The maximum atomic E-state index is 13.2. The first-order chi connectivity index (χ1) is 13.7. The maximum absolute atomic E-state index is 13.2. The number of rotatable bonds is 4. The van der Waals surface area contributed by atoms with Crippen molar-refractivity contribution in [2.45, 2.75) is 12.5 Å². The van der Waals surface area contributed by atoms with Gasteiger partial charge in [0.15, 0.2) is 0 Å². The number of hydrogen-bond acceptors (Lipinski definition) is 3. The first-order valence-electron chi connectivity index (χ1n) is 9.00. The van der Waals surface area contributed by atoms with Gasteiger partial charge in [-0.25, -0.2) is 9.69 Å². The number of carbonyl (C=O) groups excluding carboxylic acids is 3. The highest BCUT2D eigenvalue weighted by atomic mass is 16.2. The Morgan fingerprint density at radius 1 is 0.643 bits per heavy atom. The lowest BCUT2D eigenvalue weighted by Crippen LogP contribution is -2.58. The molecule has 0 bridgehead atoms. The van der Waals surface area contributed by atoms with Crippen molar-refractivity contribution >= 4 is 23.5 Å². The average molecular weight is 370 g/mol. The van der Waals surface area contributed by atoms with Crippen LogP contribution in [-0.2, 0) is 16.1 Å². The molecule has 1 heterocycles. The molecule has 5 heteroatoms. The molecule has 0 radical (unpaired) electrons. The molecule has 5 nitrogen and oxygen atoms in total. The zero-order valence-electron chi connectivity index (χ0n) is 15.1. The zero-order chi connectivity index (χ0) is 19.5. The fourth-order valence-electron chi connectivity index (χ4n) is 3.36. The SMILES string of the molecule is O=C1C(c2ccccc2)C(=O)N(c2ccccc2)C(=O)N1Cc1ccccc1. The van der Waals surface area contributed by atoms with E-state index in [2.05, 4.69) is 0 Å². The van der Waals surface area contributed by atoms with Gasteiger partial charge >= 0.3 is 6.03 Å². The van der Waals surface area contributed by atoms with Gasteiger partial charge in [0.05, 0.1) is 12.2 Å². The van der Waals surface area contributed by atoms with Crippen LogP contribution in [0.25, 0.3) is 0 Å². The summed E-state index contributed by atoms with van der Waals surface area (Å²) in [5.74, 6) is -2.09. The number of amides is 4. The summed E-state index contributed by atoms with van der Waals surface area (Å²) in [4.78, 5) is 41.8. The summed E-state index contributed by atoms with van der Waals surface area (Å²) in [6.07, 6.45) is 0. The van der Waals surface area contributed by atoms with Crippen molar-refractivity contribution in [1.82, 2.24) is 4.90 Å². The lowest BCUT2D eigenvalue weighted by atomic mass is 9.93. The molecule has 138 valence electrons. The number of anilines is 1. The number of benzene rings is 3. The van der Waals surface area contributed by atoms with Crippen molar-refractivity contribution in [3.63, 3.8) is 0 Å². The Kier molecular flexibility index (Phi) is 4.72. The minimum absolute atomic E-state index is 0.110. The number of urea groups is 1. The number of imide groups is 2. The van der Waals surface area contributed by atoms with E-state index in [9.17, 15) is 14.4 Å². The Morgan fingerprint density at radius 2 is 1.18 bits per heavy atom. The average Bonchev–Trinajstić information content (AvgIpc) is 2.74. The molecule has 3 aromatic carbocycles. The highest BCUT2D eigenvalue weighted by Crippen LogP contribution is 2.31. The Hall–Kier alpha value is -3.73. The number of nitrogens with zero attached hydrogens (tertiary/aromatic N) is 2. The number of para-hydroxylation sites is 1. The van der Waals surface area contributed by atoms with E-state index in [4.69, 9.17) is 0 Å². The van der Waals surface area contributed by atoms with E-state index in [-0.39, 0.29) is 6.54 Å². The van der Waals surface area contributed by atoms with Crippen LogP contribution in [0.4, 0.5) is 10.5 Å². The van der Waals surface area contributed by atoms with Crippen molar-refractivity contribution in [1.29, 1.82) is 0 Å². The molecule has 1 unspecified atom stereocenters. The summed E-state index contributed by atoms with van der Waals surface area (Å²) in [7, 11) is 0. The highest BCUT2D eigenvalue weighted by Gasteiger charge is 2.47. The monoisotopic (exact) mass is 370 g/mol. The summed E-state index contributed by atoms with van der Waals surface area (Å²) in [6.45, 7) is 0.110. The molecular weight excluding hydrogens is 352 g/mol. The second-order valence-electron chi connectivity index (χ2n) is 6.55. The normalized spacial score (nSPS) is 17.1. The Labute approximate surface area is 162 Å². The molecule has 1 atom stereocenters. The highest BCUT2D eigenvalue weighted by molar-refractivity contribution is 6.29. The van der Waals surface area contributed by atoms with E-state index in [1.54, 1.807) is 48.5 Å². The second kappa shape index (κ2) is 7.48. The van der Waals surface area contributed by atoms with Gasteiger partial charge < -0.3 is 0 Å². The van der Waals surface area contributed by atoms with Crippen molar-refractivity contribution < 1.29 is 14.4 Å². The molecule has 0 aliphatic carbocycles. The van der Waals surface area contributed by atoms with Crippen LogP contribution in [0.5, 0.6) is 0 Å². The molecule has 1 saturated heterocycles. The predicted molar refractivity (Wildman–Crippen MR) is 105 cm³/mol. The first kappa shape index (κ1) is 17.7. The fraction of sp³-hybridized carbons (Fsp3) is 0.0870. The van der Waals surface area contributed by atoms with Crippen LogP contribution in [0.1, 0.15) is 17.0 Å². The van der Waals surface area contributed by atoms with Gasteiger partial charge in [-0.15, -0.1) is 0 Å². The minimum atomic E-state index is -1.05. The van der Waals surface area contributed by atoms with Crippen LogP contribution in [0.3, 0.4) is 0 Å². The topological polar surface area (TPSA) is 57.7 Å². The smallest absolute Gasteiger partial charge is 0.273 e. The summed E-state index contributed by atoms with van der Waals surface area (Å²) in [6, 6.07) is 26.2. The van der Waals surface area contributed by atoms with Gasteiger partial charge in [0.2, 0.25) is 5.91 Å². The largest absolute Gasteiger partial charge is 0.338 e. The first-order valence-corrected chi connectivity index (χ1v) is 9.00. The number of carbonyl (C=O) groups is 3. The van der Waals surface area contributed by atoms with Crippen molar-refractivity contribution in [2.75, 3.05) is 4.90 Å². The molecule has 1 aliphatic rings. The minimum Gasteiger partial charge on any atom is -0.273 e. The fourth-order valence-corrected chi connectivity index (χ4v) is 3.36. The molecule has 3 aromatic rings. The third kappa shape index (κ3) is 3.18. The van der Waals surface area contributed by atoms with Crippen LogP contribution >= 0.6 is 0 Å². The maximum Gasteiger partial charge on any atom is 0.338 e. The third-order valence-electron chi connectivity index (χ3n) is 4.73. The van der Waals surface area contributed by atoms with E-state index in [0.29, 0.717) is 11.3 Å². The van der Waals surface area contributed by atoms with Crippen LogP contribution in [-0.4, -0.2) is 22.7 Å². The van der Waals surface area contributed by atoms with E-state index in [1.807, 2.05) is 42.5 Å². The van der Waals surface area contributed by atoms with Gasteiger partial charge in [0, 0.05) is 0 Å². The van der Waals surface area contributed by atoms with Gasteiger partial charge in [-0.2, -0.15) is 0 Å². The molecular formula is C23H18N2O3. The summed E-state index contributed by atoms with van der Waals surface area (Å²) in [5, 5.41) is 0. The predicted octanol–water partition coefficient (Wildman–Crippen LogP) is 3.97. The Balaban J connectivity index is 1.78. The van der Waals surface area contributed by atoms with E-state index < -0.39 is 23.8 Å². The van der Waals surface area contributed by atoms with E-state index in [0.717, 1.165) is 15.4 Å². The molecule has 0 spiro atoms. The summed E-state index contributed by atoms with van der Waals surface area (Å²) in [5.41, 5.74) is 1.84. The van der Waals surface area contributed by atoms with Crippen molar-refractivity contribution in [3.8, 4) is 0 Å². The molecule has 1 fully saturated rings. The second-order valence-corrected chi connectivity index (χ2v) is 6.55. The van der Waals surface area contributed by atoms with Crippen molar-refractivity contribution in [2.24, 2.45) is 0 Å². The van der Waals surface area contributed by atoms with Gasteiger partial charge in [0.1, 0.15) is 5.92 Å². The lowest BCUT2D eigenvalue weighted by Gasteiger charge is -2.37. The Morgan fingerprint density at radius 3 is 1.79 bits per heavy atom. The van der Waals surface area contributed by atoms with Crippen LogP contribution in [0, 0.1) is 0 Å². The van der Waals surface area contributed by atoms with Crippen LogP contribution in [0.2, 0.25) is 0 Å². The molecule has 0 N–H and O–H groups in total. The lowest BCUT2D eigenvalue weighted by molar-refractivity contribution is -0.137. The molecule has 1 aliphatic heterocycles. The molecule has 28 heavy (non-hydrogen) atoms. The molecule has 0 saturated carbocycles. The van der Waals surface area contributed by atoms with Gasteiger partial charge in [-0.05, 0) is 23.3 Å². The summed E-state index contributed by atoms with van der Waals surface area (Å²) < 4.78 is 0. The van der Waals surface area contributed by atoms with Gasteiger partial charge in [-0.1, -0.05) is 78.9 Å². The Bertz CT molecular complexity index is 942. The van der Waals surface area contributed by atoms with Crippen LogP contribution < -0.4 is 4.90 Å². The van der Waals surface area contributed by atoms with Crippen LogP contribution in [0.15, 0.2) is 91.0 Å². The van der Waals surface area contributed by atoms with E-state index in [1.165, 1.54) is 0 Å². The van der Waals surface area contributed by atoms with E-state index >= 15 is 0 Å². The number of barbiturate groups is 1. The van der Waals surface area contributed by atoms with Gasteiger partial charge in [-0.3, -0.25) is 14.5 Å². The quantitative estimate of drug-likeness (QED) is 0.653. The van der Waals surface area contributed by atoms with Crippen molar-refractivity contribution in [3.05, 3.63) is 102 Å².